The number of benzene rings is 1. The van der Waals surface area contributed by atoms with Gasteiger partial charge in [-0.05, 0) is 43.1 Å². The third-order valence-electron chi connectivity index (χ3n) is 8.64. The highest BCUT2D eigenvalue weighted by Crippen LogP contribution is 2.49. The van der Waals surface area contributed by atoms with E-state index in [0.29, 0.717) is 17.9 Å². The van der Waals surface area contributed by atoms with Gasteiger partial charge in [0.05, 0.1) is 31.4 Å². The molecule has 3 heterocycles. The Balaban J connectivity index is 1.79. The molecule has 2 fully saturated rings. The molecule has 11 nitrogen and oxygen atoms in total. The molecule has 224 valence electrons. The predicted octanol–water partition coefficient (Wildman–Crippen LogP) is 4.23. The van der Waals surface area contributed by atoms with Gasteiger partial charge >= 0.3 is 6.09 Å². The van der Waals surface area contributed by atoms with Crippen LogP contribution >= 0.6 is 11.6 Å². The van der Waals surface area contributed by atoms with E-state index in [2.05, 4.69) is 5.18 Å². The third kappa shape index (κ3) is 5.60. The zero-order chi connectivity index (χ0) is 30.3. The van der Waals surface area contributed by atoms with Gasteiger partial charge in [0, 0.05) is 33.5 Å². The van der Waals surface area contributed by atoms with E-state index in [1.165, 1.54) is 31.1 Å². The van der Waals surface area contributed by atoms with Crippen molar-refractivity contribution in [1.29, 1.82) is 0 Å². The Morgan fingerprint density at radius 1 is 1.22 bits per heavy atom. The van der Waals surface area contributed by atoms with Gasteiger partial charge in [0.15, 0.2) is 0 Å². The molecule has 0 aliphatic carbocycles. The minimum Gasteiger partial charge on any atom is -0.495 e. The van der Waals surface area contributed by atoms with Gasteiger partial charge in [-0.15, -0.1) is 4.91 Å². The molecule has 3 aliphatic heterocycles. The Kier molecular flexibility index (Phi) is 8.84. The van der Waals surface area contributed by atoms with Gasteiger partial charge in [0.1, 0.15) is 28.6 Å². The highest BCUT2D eigenvalue weighted by atomic mass is 35.5. The van der Waals surface area contributed by atoms with Crippen LogP contribution < -0.4 is 9.64 Å². The summed E-state index contributed by atoms with van der Waals surface area (Å²) in [5.74, 6) is -0.381. The number of allylic oxidation sites excluding steroid dienone is 3. The summed E-state index contributed by atoms with van der Waals surface area (Å²) in [5, 5.41) is 14.8. The van der Waals surface area contributed by atoms with Gasteiger partial charge in [-0.1, -0.05) is 42.3 Å². The van der Waals surface area contributed by atoms with Crippen molar-refractivity contribution in [3.63, 3.8) is 0 Å². The molecule has 0 spiro atoms. The zero-order valence-electron chi connectivity index (χ0n) is 24.4. The van der Waals surface area contributed by atoms with E-state index < -0.39 is 47.7 Å². The van der Waals surface area contributed by atoms with Gasteiger partial charge in [0.25, 0.3) is 0 Å². The first kappa shape index (κ1) is 31.0. The molecule has 0 radical (unpaired) electrons. The normalized spacial score (nSPS) is 36.5. The van der Waals surface area contributed by atoms with Crippen molar-refractivity contribution < 1.29 is 33.6 Å². The van der Waals surface area contributed by atoms with Crippen LogP contribution in [-0.4, -0.2) is 86.0 Å². The van der Waals surface area contributed by atoms with E-state index in [1.54, 1.807) is 32.2 Å². The summed E-state index contributed by atoms with van der Waals surface area (Å²) in [6.45, 7) is 5.46. The Morgan fingerprint density at radius 2 is 1.93 bits per heavy atom. The summed E-state index contributed by atoms with van der Waals surface area (Å²) < 4.78 is 22.8. The number of ether oxygens (including phenoxy) is 4. The van der Waals surface area contributed by atoms with Gasteiger partial charge in [0.2, 0.25) is 11.6 Å². The van der Waals surface area contributed by atoms with Crippen molar-refractivity contribution in [3.8, 4) is 5.75 Å². The van der Waals surface area contributed by atoms with Crippen LogP contribution in [0.4, 0.5) is 10.5 Å². The van der Waals surface area contributed by atoms with E-state index in [0.717, 1.165) is 11.1 Å². The van der Waals surface area contributed by atoms with Crippen LogP contribution in [-0.2, 0) is 25.4 Å². The zero-order valence-corrected chi connectivity index (χ0v) is 25.2. The topological polar surface area (TPSA) is 130 Å². The number of nitroso groups, excluding NO2 is 1. The quantitative estimate of drug-likeness (QED) is 0.408. The lowest BCUT2D eigenvalue weighted by Gasteiger charge is -2.46. The molecular weight excluding hydrogens is 554 g/mol. The van der Waals surface area contributed by atoms with Crippen molar-refractivity contribution >= 4 is 29.3 Å². The second-order valence-corrected chi connectivity index (χ2v) is 11.6. The Hall–Kier alpha value is -2.99. The number of amides is 2. The van der Waals surface area contributed by atoms with E-state index >= 15 is 0 Å². The lowest BCUT2D eigenvalue weighted by Crippen LogP contribution is -2.62. The van der Waals surface area contributed by atoms with Crippen LogP contribution in [0.2, 0.25) is 5.02 Å². The average Bonchev–Trinajstić information content (AvgIpc) is 3.65. The molecule has 1 N–H and O–H groups in total. The summed E-state index contributed by atoms with van der Waals surface area (Å²) >= 11 is 6.60. The highest BCUT2D eigenvalue weighted by molar-refractivity contribution is 6.35. The highest BCUT2D eigenvalue weighted by Gasteiger charge is 2.63. The minimum atomic E-state index is -1.58. The number of carbonyl (C=O) groups is 2. The van der Waals surface area contributed by atoms with Crippen molar-refractivity contribution in [1.82, 2.24) is 4.90 Å². The fourth-order valence-corrected chi connectivity index (χ4v) is 6.13. The number of hydrogen-bond donors (Lipinski definition) is 1. The second-order valence-electron chi connectivity index (χ2n) is 11.3. The summed E-state index contributed by atoms with van der Waals surface area (Å²) in [4.78, 5) is 41.3. The van der Waals surface area contributed by atoms with Crippen LogP contribution in [0.25, 0.3) is 0 Å². The monoisotopic (exact) mass is 591 g/mol. The maximum Gasteiger partial charge on any atom is 0.411 e. The third-order valence-corrected chi connectivity index (χ3v) is 9.02. The number of fused-ring (bicyclic) bond motifs is 5. The molecule has 0 aromatic heterocycles. The Morgan fingerprint density at radius 3 is 2.56 bits per heavy atom. The number of likely N-dealkylation sites (N-methyl/N-ethyl adjacent to an activating group) is 1. The van der Waals surface area contributed by atoms with E-state index in [1.807, 2.05) is 26.0 Å². The number of nitrogens with zero attached hydrogens (tertiary/aromatic N) is 3. The van der Waals surface area contributed by atoms with Crippen LogP contribution in [0.3, 0.4) is 0 Å². The molecule has 1 aromatic carbocycles. The Labute approximate surface area is 245 Å². The first-order valence-corrected chi connectivity index (χ1v) is 13.8. The fourth-order valence-electron chi connectivity index (χ4n) is 5.82. The van der Waals surface area contributed by atoms with E-state index in [4.69, 9.17) is 30.5 Å². The maximum atomic E-state index is 13.3. The Bertz CT molecular complexity index is 1270. The van der Waals surface area contributed by atoms with Crippen molar-refractivity contribution in [2.45, 2.75) is 75.7 Å². The number of aliphatic hydroxyl groups excluding tert-OH is 1. The second kappa shape index (κ2) is 11.7. The van der Waals surface area contributed by atoms with Gasteiger partial charge in [-0.3, -0.25) is 9.69 Å². The molecule has 2 amide bonds. The summed E-state index contributed by atoms with van der Waals surface area (Å²) in [7, 11) is 6.00. The molecule has 0 saturated carbocycles. The molecule has 1 unspecified atom stereocenters. The molecule has 1 aromatic rings. The number of methoxy groups -OCH3 is 2. The lowest BCUT2D eigenvalue weighted by molar-refractivity contribution is -0.121. The summed E-state index contributed by atoms with van der Waals surface area (Å²) in [5.41, 5.74) is -0.398. The van der Waals surface area contributed by atoms with Crippen LogP contribution in [0.1, 0.15) is 39.2 Å². The van der Waals surface area contributed by atoms with Crippen LogP contribution in [0.15, 0.2) is 41.1 Å². The summed E-state index contributed by atoms with van der Waals surface area (Å²) in [6.07, 6.45) is 1.59. The number of rotatable bonds is 3. The van der Waals surface area contributed by atoms with E-state index in [9.17, 15) is 19.6 Å². The number of aliphatic hydroxyl groups is 1. The van der Waals surface area contributed by atoms with Gasteiger partial charge < -0.3 is 29.0 Å². The molecule has 3 aliphatic rings. The van der Waals surface area contributed by atoms with Gasteiger partial charge in [-0.2, -0.15) is 0 Å². The molecule has 4 bridgehead atoms. The first-order valence-electron chi connectivity index (χ1n) is 13.5. The smallest absolute Gasteiger partial charge is 0.411 e. The molecule has 7 atom stereocenters. The molecule has 4 rings (SSSR count). The van der Waals surface area contributed by atoms with Crippen molar-refractivity contribution in [2.24, 2.45) is 11.1 Å². The lowest BCUT2D eigenvalue weighted by atomic mass is 9.82. The fraction of sp³-hybridized carbons (Fsp3) is 0.586. The SMILES string of the molecule is COc1cc2cc(c1Cl)N(C)C(=O)C[C@H](O)[C@]1(C)O[C@H]1[C@H](C)C1C[C@](N=O)([C@H](OC)/C=C/C=C(\C)C2)N(C)C(=O)O1. The molecule has 2 saturated heterocycles. The molecule has 41 heavy (non-hydrogen) atoms. The number of carbonyl (C=O) groups excluding carboxylic acids is 2. The first-order chi connectivity index (χ1) is 19.3. The number of anilines is 1. The van der Waals surface area contributed by atoms with Crippen molar-refractivity contribution in [3.05, 3.63) is 51.4 Å². The van der Waals surface area contributed by atoms with Crippen LogP contribution in [0.5, 0.6) is 5.75 Å². The largest absolute Gasteiger partial charge is 0.495 e. The number of epoxide rings is 1. The number of hydrogen-bond acceptors (Lipinski definition) is 9. The van der Waals surface area contributed by atoms with Crippen molar-refractivity contribution in [2.75, 3.05) is 33.2 Å². The minimum absolute atomic E-state index is 0.0449. The van der Waals surface area contributed by atoms with Crippen LogP contribution in [0, 0.1) is 10.8 Å². The average molecular weight is 592 g/mol. The molecular formula is C29H38ClN3O8. The standard InChI is InChI=1S/C29H38ClN3O8/c1-16-9-8-10-23(39-7)29(31-37)15-21(40-27(36)33(29)5)17(2)26-28(3,41-26)22(34)14-24(35)32(4)19-12-18(11-16)13-20(38-6)25(19)30/h8-10,12-13,17,21-23,26,34H,11,14-15H2,1-7H3/b10-8+,16-9+/t17-,21?,22+,23-,26+,28+,29-/m1/s1. The maximum absolute atomic E-state index is 13.3. The number of halogens is 1. The predicted molar refractivity (Wildman–Crippen MR) is 153 cm³/mol. The van der Waals surface area contributed by atoms with E-state index in [-0.39, 0.29) is 23.8 Å². The molecule has 12 heteroatoms. The van der Waals surface area contributed by atoms with Gasteiger partial charge in [-0.25, -0.2) is 4.79 Å². The summed E-state index contributed by atoms with van der Waals surface area (Å²) in [6, 6.07) is 3.62.